The maximum atomic E-state index is 12.2. The van der Waals surface area contributed by atoms with Crippen molar-refractivity contribution in [2.45, 2.75) is 18.9 Å². The largest absolute Gasteiger partial charge is 0.497 e. The average molecular weight is 263 g/mol. The number of methoxy groups -OCH3 is 1. The van der Waals surface area contributed by atoms with Crippen molar-refractivity contribution in [2.24, 2.45) is 0 Å². The highest BCUT2D eigenvalue weighted by atomic mass is 16.5. The Morgan fingerprint density at radius 3 is 3.05 bits per heavy atom. The third-order valence-corrected chi connectivity index (χ3v) is 3.44. The molecule has 19 heavy (non-hydrogen) atoms. The summed E-state index contributed by atoms with van der Waals surface area (Å²) in [6, 6.07) is 7.74. The van der Waals surface area contributed by atoms with E-state index in [2.05, 4.69) is 10.6 Å². The minimum absolute atomic E-state index is 0.0480. The van der Waals surface area contributed by atoms with Gasteiger partial charge < -0.3 is 20.3 Å². The van der Waals surface area contributed by atoms with Crippen molar-refractivity contribution in [2.75, 3.05) is 32.6 Å². The van der Waals surface area contributed by atoms with Crippen LogP contribution >= 0.6 is 0 Å². The number of rotatable bonds is 3. The summed E-state index contributed by atoms with van der Waals surface area (Å²) < 4.78 is 5.14. The van der Waals surface area contributed by atoms with Crippen LogP contribution in [0.15, 0.2) is 24.3 Å². The summed E-state index contributed by atoms with van der Waals surface area (Å²) in [6.45, 7) is 1.57. The van der Waals surface area contributed by atoms with Crippen molar-refractivity contribution >= 4 is 11.7 Å². The molecular weight excluding hydrogens is 242 g/mol. The zero-order chi connectivity index (χ0) is 13.7. The molecule has 1 atom stereocenters. The van der Waals surface area contributed by atoms with Crippen molar-refractivity contribution in [1.29, 1.82) is 0 Å². The molecule has 0 aliphatic carbocycles. The molecule has 1 aromatic rings. The van der Waals surface area contributed by atoms with Gasteiger partial charge in [0.05, 0.1) is 7.11 Å². The first-order chi connectivity index (χ1) is 9.22. The van der Waals surface area contributed by atoms with Gasteiger partial charge in [-0.2, -0.15) is 0 Å². The quantitative estimate of drug-likeness (QED) is 0.876. The van der Waals surface area contributed by atoms with Crippen LogP contribution < -0.4 is 15.4 Å². The van der Waals surface area contributed by atoms with Crippen LogP contribution in [0.25, 0.3) is 0 Å². The van der Waals surface area contributed by atoms with Crippen LogP contribution in [0.2, 0.25) is 0 Å². The summed E-state index contributed by atoms with van der Waals surface area (Å²) in [5, 5.41) is 6.14. The lowest BCUT2D eigenvalue weighted by atomic mass is 10.1. The molecular formula is C14H21N3O2. The number of amides is 2. The fourth-order valence-electron chi connectivity index (χ4n) is 2.30. The van der Waals surface area contributed by atoms with Gasteiger partial charge in [-0.25, -0.2) is 4.79 Å². The summed E-state index contributed by atoms with van der Waals surface area (Å²) in [5.41, 5.74) is 0.760. The molecule has 5 nitrogen and oxygen atoms in total. The molecule has 0 bridgehead atoms. The van der Waals surface area contributed by atoms with E-state index in [-0.39, 0.29) is 6.03 Å². The number of carbonyl (C=O) groups excluding carboxylic acids is 1. The van der Waals surface area contributed by atoms with E-state index in [9.17, 15) is 4.79 Å². The maximum Gasteiger partial charge on any atom is 0.321 e. The van der Waals surface area contributed by atoms with Gasteiger partial charge in [-0.15, -0.1) is 0 Å². The number of urea groups is 1. The standard InChI is InChI=1S/C14H21N3O2/c1-15-12-6-4-8-17(10-12)14(18)16-11-5-3-7-13(9-11)19-2/h3,5,7,9,12,15H,4,6,8,10H2,1-2H3,(H,16,18)/t12-/m1/s1. The van der Waals surface area contributed by atoms with E-state index in [1.54, 1.807) is 7.11 Å². The predicted molar refractivity (Wildman–Crippen MR) is 75.7 cm³/mol. The molecule has 104 valence electrons. The lowest BCUT2D eigenvalue weighted by Gasteiger charge is -2.32. The smallest absolute Gasteiger partial charge is 0.321 e. The average Bonchev–Trinajstić information content (AvgIpc) is 2.47. The fourth-order valence-corrected chi connectivity index (χ4v) is 2.30. The zero-order valence-corrected chi connectivity index (χ0v) is 11.5. The van der Waals surface area contributed by atoms with Crippen molar-refractivity contribution in [3.63, 3.8) is 0 Å². The number of nitrogens with zero attached hydrogens (tertiary/aromatic N) is 1. The zero-order valence-electron chi connectivity index (χ0n) is 11.5. The maximum absolute atomic E-state index is 12.2. The van der Waals surface area contributed by atoms with Crippen LogP contribution in [-0.4, -0.2) is 44.2 Å². The van der Waals surface area contributed by atoms with E-state index in [0.717, 1.165) is 37.4 Å². The van der Waals surface area contributed by atoms with E-state index in [4.69, 9.17) is 4.74 Å². The van der Waals surface area contributed by atoms with Gasteiger partial charge in [-0.05, 0) is 32.0 Å². The number of carbonyl (C=O) groups is 1. The number of nitrogens with one attached hydrogen (secondary N) is 2. The molecule has 1 aromatic carbocycles. The number of likely N-dealkylation sites (N-methyl/N-ethyl adjacent to an activating group) is 1. The SMILES string of the molecule is CN[C@@H]1CCCN(C(=O)Nc2cccc(OC)c2)C1. The molecule has 1 saturated heterocycles. The van der Waals surface area contributed by atoms with Crippen molar-refractivity contribution < 1.29 is 9.53 Å². The third kappa shape index (κ3) is 3.61. The summed E-state index contributed by atoms with van der Waals surface area (Å²) in [5.74, 6) is 0.740. The van der Waals surface area contributed by atoms with E-state index in [0.29, 0.717) is 6.04 Å². The lowest BCUT2D eigenvalue weighted by molar-refractivity contribution is 0.187. The Labute approximate surface area is 113 Å². The minimum atomic E-state index is -0.0480. The topological polar surface area (TPSA) is 53.6 Å². The first-order valence-corrected chi connectivity index (χ1v) is 6.60. The van der Waals surface area contributed by atoms with Gasteiger partial charge in [0.15, 0.2) is 0 Å². The molecule has 0 saturated carbocycles. The van der Waals surface area contributed by atoms with Crippen LogP contribution in [0.1, 0.15) is 12.8 Å². The molecule has 1 heterocycles. The Kier molecular flexibility index (Phi) is 4.63. The molecule has 1 fully saturated rings. The molecule has 0 unspecified atom stereocenters. The van der Waals surface area contributed by atoms with Gasteiger partial charge in [0.2, 0.25) is 0 Å². The number of benzene rings is 1. The van der Waals surface area contributed by atoms with Crippen LogP contribution in [0.5, 0.6) is 5.75 Å². The highest BCUT2D eigenvalue weighted by Crippen LogP contribution is 2.18. The Hall–Kier alpha value is -1.75. The van der Waals surface area contributed by atoms with Crippen LogP contribution in [0.3, 0.4) is 0 Å². The van der Waals surface area contributed by atoms with Gasteiger partial charge in [-0.3, -0.25) is 0 Å². The second-order valence-electron chi connectivity index (χ2n) is 4.74. The monoisotopic (exact) mass is 263 g/mol. The third-order valence-electron chi connectivity index (χ3n) is 3.44. The van der Waals surface area contributed by atoms with Gasteiger partial charge in [0.1, 0.15) is 5.75 Å². The molecule has 5 heteroatoms. The molecule has 1 aliphatic rings. The first kappa shape index (κ1) is 13.7. The Morgan fingerprint density at radius 2 is 2.32 bits per heavy atom. The van der Waals surface area contributed by atoms with Crippen molar-refractivity contribution in [1.82, 2.24) is 10.2 Å². The first-order valence-electron chi connectivity index (χ1n) is 6.60. The van der Waals surface area contributed by atoms with Crippen molar-refractivity contribution in [3.8, 4) is 5.75 Å². The van der Waals surface area contributed by atoms with Crippen LogP contribution in [-0.2, 0) is 0 Å². The van der Waals surface area contributed by atoms with Crippen LogP contribution in [0, 0.1) is 0 Å². The molecule has 2 rings (SSSR count). The molecule has 0 spiro atoms. The molecule has 2 amide bonds. The second-order valence-corrected chi connectivity index (χ2v) is 4.74. The summed E-state index contributed by atoms with van der Waals surface area (Å²) in [4.78, 5) is 14.0. The number of anilines is 1. The number of likely N-dealkylation sites (tertiary alicyclic amines) is 1. The van der Waals surface area contributed by atoms with Gasteiger partial charge in [0.25, 0.3) is 0 Å². The number of piperidine rings is 1. The Balaban J connectivity index is 1.96. The summed E-state index contributed by atoms with van der Waals surface area (Å²) in [7, 11) is 3.55. The predicted octanol–water partition coefficient (Wildman–Crippen LogP) is 1.91. The Morgan fingerprint density at radius 1 is 1.47 bits per heavy atom. The highest BCUT2D eigenvalue weighted by molar-refractivity contribution is 5.89. The number of hydrogen-bond donors (Lipinski definition) is 2. The van der Waals surface area contributed by atoms with E-state index in [1.807, 2.05) is 36.2 Å². The van der Waals surface area contributed by atoms with E-state index >= 15 is 0 Å². The normalized spacial score (nSPS) is 19.1. The van der Waals surface area contributed by atoms with Crippen LogP contribution in [0.4, 0.5) is 10.5 Å². The number of ether oxygens (including phenoxy) is 1. The second kappa shape index (κ2) is 6.43. The molecule has 1 aliphatic heterocycles. The minimum Gasteiger partial charge on any atom is -0.497 e. The number of hydrogen-bond acceptors (Lipinski definition) is 3. The lowest BCUT2D eigenvalue weighted by Crippen LogP contribution is -2.48. The van der Waals surface area contributed by atoms with E-state index in [1.165, 1.54) is 0 Å². The van der Waals surface area contributed by atoms with E-state index < -0.39 is 0 Å². The van der Waals surface area contributed by atoms with Gasteiger partial charge >= 0.3 is 6.03 Å². The highest BCUT2D eigenvalue weighted by Gasteiger charge is 2.22. The van der Waals surface area contributed by atoms with Gasteiger partial charge in [-0.1, -0.05) is 6.07 Å². The molecule has 0 radical (unpaired) electrons. The summed E-state index contributed by atoms with van der Waals surface area (Å²) >= 11 is 0. The molecule has 2 N–H and O–H groups in total. The fraction of sp³-hybridized carbons (Fsp3) is 0.500. The van der Waals surface area contributed by atoms with Crippen molar-refractivity contribution in [3.05, 3.63) is 24.3 Å². The summed E-state index contributed by atoms with van der Waals surface area (Å²) in [6.07, 6.45) is 2.16. The molecule has 0 aromatic heterocycles. The van der Waals surface area contributed by atoms with Gasteiger partial charge in [0, 0.05) is 30.9 Å². The Bertz CT molecular complexity index is 436.